The van der Waals surface area contributed by atoms with Crippen LogP contribution in [0.1, 0.15) is 5.69 Å². The van der Waals surface area contributed by atoms with Gasteiger partial charge in [0.2, 0.25) is 0 Å². The summed E-state index contributed by atoms with van der Waals surface area (Å²) in [5.41, 5.74) is 4.57. The summed E-state index contributed by atoms with van der Waals surface area (Å²) in [5, 5.41) is 28.6. The molecule has 0 spiro atoms. The number of carboxylic acids is 1. The molecule has 2 aliphatic rings. The van der Waals surface area contributed by atoms with E-state index in [-0.39, 0.29) is 55.9 Å². The van der Waals surface area contributed by atoms with Gasteiger partial charge in [0, 0.05) is 11.1 Å². The molecule has 1 unspecified atom stereocenters. The molecule has 4 heterocycles. The molecule has 2 aliphatic heterocycles. The van der Waals surface area contributed by atoms with Gasteiger partial charge in [-0.05, 0) is 17.0 Å². The van der Waals surface area contributed by atoms with Gasteiger partial charge in [0.15, 0.2) is 20.7 Å². The van der Waals surface area contributed by atoms with Crippen LogP contribution in [-0.2, 0) is 24.2 Å². The Hall–Kier alpha value is -1.95. The number of nitrogens with zero attached hydrogens (tertiary/aromatic N) is 3. The van der Waals surface area contributed by atoms with Gasteiger partial charge in [-0.3, -0.25) is 14.5 Å². The molecular weight excluding hydrogens is 537 g/mol. The summed E-state index contributed by atoms with van der Waals surface area (Å²) in [7, 11) is -3.80. The van der Waals surface area contributed by atoms with Gasteiger partial charge in [0.25, 0.3) is 11.8 Å². The van der Waals surface area contributed by atoms with Crippen LogP contribution in [0.15, 0.2) is 43.5 Å². The van der Waals surface area contributed by atoms with Gasteiger partial charge in [-0.2, -0.15) is 0 Å². The average molecular weight is 552 g/mol. The maximum atomic E-state index is 12.7. The molecule has 2 aromatic heterocycles. The van der Waals surface area contributed by atoms with E-state index in [1.165, 1.54) is 11.4 Å². The summed E-state index contributed by atoms with van der Waals surface area (Å²) in [5.74, 6) is -3.94. The first kappa shape index (κ1) is 26.7. The monoisotopic (exact) mass is 551 g/mol. The third-order valence-corrected chi connectivity index (χ3v) is 9.98. The van der Waals surface area contributed by atoms with Crippen LogP contribution in [-0.4, -0.2) is 69.9 Å². The largest absolute Gasteiger partial charge is 1.00 e. The summed E-state index contributed by atoms with van der Waals surface area (Å²) in [6.45, 7) is 0. The fourth-order valence-electron chi connectivity index (χ4n) is 3.34. The van der Waals surface area contributed by atoms with Crippen LogP contribution in [0.5, 0.6) is 0 Å². The first-order valence-electron chi connectivity index (χ1n) is 9.02. The number of nitrogens with one attached hydrogen (secondary N) is 1. The van der Waals surface area contributed by atoms with Gasteiger partial charge in [-0.25, -0.2) is 13.4 Å². The van der Waals surface area contributed by atoms with Crippen molar-refractivity contribution in [3.63, 3.8) is 0 Å². The quantitative estimate of drug-likeness (QED) is 0.0999. The molecular formula is C17H14N5NaO7S4. The number of thioether (sulfide) groups is 1. The molecule has 2 atom stereocenters. The second-order valence-corrected chi connectivity index (χ2v) is 12.0. The maximum Gasteiger partial charge on any atom is 1.00 e. The second-order valence-electron chi connectivity index (χ2n) is 6.81. The van der Waals surface area contributed by atoms with Gasteiger partial charge in [0.05, 0.1) is 17.4 Å². The predicted octanol–water partition coefficient (Wildman–Crippen LogP) is -4.15. The minimum atomic E-state index is -3.80. The van der Waals surface area contributed by atoms with Crippen molar-refractivity contribution in [2.24, 2.45) is 5.16 Å². The molecule has 4 rings (SSSR count). The maximum absolute atomic E-state index is 12.7. The third kappa shape index (κ3) is 4.89. The van der Waals surface area contributed by atoms with Crippen molar-refractivity contribution in [1.29, 1.82) is 0 Å². The zero-order chi connectivity index (χ0) is 23.9. The van der Waals surface area contributed by atoms with Crippen LogP contribution >= 0.6 is 34.4 Å². The molecule has 0 bridgehead atoms. The van der Waals surface area contributed by atoms with Gasteiger partial charge in [0.1, 0.15) is 21.3 Å². The SMILES string of the molecule is Nc1nc(/C(=N/O)C(=O)NC2C(=O)N3C(C(=O)[O-])=C(CS(=O)(=O)c4cccs4)CS[C@H]23)cs1.[Na+]. The molecule has 174 valence electrons. The average Bonchev–Trinajstić information content (AvgIpc) is 3.44. The van der Waals surface area contributed by atoms with Crippen LogP contribution in [0, 0.1) is 0 Å². The summed E-state index contributed by atoms with van der Waals surface area (Å²) in [6.07, 6.45) is 0. The molecule has 34 heavy (non-hydrogen) atoms. The van der Waals surface area contributed by atoms with Crippen LogP contribution in [0.3, 0.4) is 0 Å². The number of sulfone groups is 1. The zero-order valence-electron chi connectivity index (χ0n) is 17.3. The Labute approximate surface area is 227 Å². The van der Waals surface area contributed by atoms with Crippen molar-refractivity contribution in [2.45, 2.75) is 15.6 Å². The van der Waals surface area contributed by atoms with E-state index in [1.54, 1.807) is 11.4 Å². The zero-order valence-corrected chi connectivity index (χ0v) is 22.6. The number of amides is 2. The van der Waals surface area contributed by atoms with E-state index in [0.717, 1.165) is 39.3 Å². The molecule has 0 aromatic carbocycles. The van der Waals surface area contributed by atoms with Crippen LogP contribution < -0.4 is 45.7 Å². The van der Waals surface area contributed by atoms with E-state index < -0.39 is 56.2 Å². The molecule has 4 N–H and O–H groups in total. The molecule has 17 heteroatoms. The topological polar surface area (TPSA) is 195 Å². The van der Waals surface area contributed by atoms with E-state index in [1.807, 2.05) is 0 Å². The Morgan fingerprint density at radius 3 is 2.68 bits per heavy atom. The fourth-order valence-corrected chi connectivity index (χ4v) is 7.87. The van der Waals surface area contributed by atoms with E-state index >= 15 is 0 Å². The summed E-state index contributed by atoms with van der Waals surface area (Å²) in [4.78, 5) is 41.8. The molecule has 1 fully saturated rings. The second kappa shape index (κ2) is 10.3. The van der Waals surface area contributed by atoms with E-state index in [0.29, 0.717) is 0 Å². The smallest absolute Gasteiger partial charge is 0.543 e. The predicted molar refractivity (Wildman–Crippen MR) is 118 cm³/mol. The van der Waals surface area contributed by atoms with Crippen LogP contribution in [0.4, 0.5) is 5.13 Å². The number of fused-ring (bicyclic) bond motifs is 1. The minimum absolute atomic E-state index is 0. The molecule has 1 saturated heterocycles. The number of carbonyl (C=O) groups excluding carboxylic acids is 3. The Kier molecular flexibility index (Phi) is 8.11. The Bertz CT molecular complexity index is 1310. The number of carbonyl (C=O) groups is 3. The number of hydrogen-bond acceptors (Lipinski definition) is 13. The van der Waals surface area contributed by atoms with Gasteiger partial charge in [-0.15, -0.1) is 34.4 Å². The number of β-lactam (4-membered cyclic amide) rings is 1. The molecule has 2 amide bonds. The summed E-state index contributed by atoms with van der Waals surface area (Å²) < 4.78 is 25.3. The van der Waals surface area contributed by atoms with Crippen LogP contribution in [0.25, 0.3) is 0 Å². The normalized spacial score (nSPS) is 20.3. The molecule has 0 radical (unpaired) electrons. The molecule has 2 aromatic rings. The number of nitrogens with two attached hydrogens (primary N) is 1. The Balaban J connectivity index is 0.00000324. The first-order valence-corrected chi connectivity index (χ1v) is 13.5. The first-order chi connectivity index (χ1) is 15.6. The van der Waals surface area contributed by atoms with E-state index in [4.69, 9.17) is 5.73 Å². The number of aromatic nitrogens is 1. The Morgan fingerprint density at radius 2 is 2.12 bits per heavy atom. The van der Waals surface area contributed by atoms with E-state index in [9.17, 15) is 33.1 Å². The molecule has 0 aliphatic carbocycles. The third-order valence-electron chi connectivity index (χ3n) is 4.77. The number of carboxylic acid groups (broad SMARTS) is 1. The van der Waals surface area contributed by atoms with Crippen molar-refractivity contribution < 1.29 is 62.7 Å². The standard InChI is InChI=1S/C17H15N5O7S4.Na/c18-17-19-8(5-32-17)10(21-27)13(23)20-11-14(24)22-12(16(25)26)7(4-31-15(11)22)6-33(28,29)9-2-1-3-30-9;/h1-3,5,11,15,27H,4,6H2,(H2,18,19)(H,20,23)(H,25,26);/q;+1/p-1/b21-10-;/t11?,15-;/m1./s1. The number of rotatable bonds is 7. The summed E-state index contributed by atoms with van der Waals surface area (Å²) >= 11 is 3.12. The number of anilines is 1. The van der Waals surface area contributed by atoms with Gasteiger partial charge in [-0.1, -0.05) is 11.2 Å². The van der Waals surface area contributed by atoms with Crippen molar-refractivity contribution in [3.8, 4) is 0 Å². The number of thiazole rings is 1. The number of nitrogen functional groups attached to an aromatic ring is 1. The Morgan fingerprint density at radius 1 is 1.38 bits per heavy atom. The summed E-state index contributed by atoms with van der Waals surface area (Å²) in [6, 6.07) is 1.85. The number of thiophene rings is 1. The molecule has 12 nitrogen and oxygen atoms in total. The van der Waals surface area contributed by atoms with Crippen molar-refractivity contribution in [3.05, 3.63) is 39.9 Å². The van der Waals surface area contributed by atoms with Crippen molar-refractivity contribution >= 4 is 72.9 Å². The minimum Gasteiger partial charge on any atom is -0.543 e. The fraction of sp³-hybridized carbons (Fsp3) is 0.235. The number of aliphatic carboxylic acids is 1. The van der Waals surface area contributed by atoms with Crippen molar-refractivity contribution in [1.82, 2.24) is 15.2 Å². The number of hydrogen-bond donors (Lipinski definition) is 3. The van der Waals surface area contributed by atoms with Crippen LogP contribution in [0.2, 0.25) is 0 Å². The van der Waals surface area contributed by atoms with E-state index in [2.05, 4.69) is 15.5 Å². The van der Waals surface area contributed by atoms with Crippen molar-refractivity contribution in [2.75, 3.05) is 17.2 Å². The number of oxime groups is 1. The van der Waals surface area contributed by atoms with Gasteiger partial charge < -0.3 is 26.2 Å². The molecule has 0 saturated carbocycles. The van der Waals surface area contributed by atoms with Gasteiger partial charge >= 0.3 is 29.6 Å².